The van der Waals surface area contributed by atoms with Crippen LogP contribution in [0.1, 0.15) is 47.8 Å². The molecule has 0 bridgehead atoms. The number of benzene rings is 2. The summed E-state index contributed by atoms with van der Waals surface area (Å²) in [6, 6.07) is 16.1. The van der Waals surface area contributed by atoms with Gasteiger partial charge in [0, 0.05) is 0 Å². The maximum atomic E-state index is 12.2. The molecule has 0 fully saturated rings. The highest BCUT2D eigenvalue weighted by atomic mass is 16.5. The van der Waals surface area contributed by atoms with Crippen molar-refractivity contribution in [2.75, 3.05) is 6.61 Å². The van der Waals surface area contributed by atoms with Crippen molar-refractivity contribution in [1.82, 2.24) is 5.32 Å². The molecule has 0 saturated carbocycles. The molecule has 1 atom stereocenters. The number of aliphatic hydroxyl groups is 1. The molecule has 5 nitrogen and oxygen atoms in total. The fourth-order valence-corrected chi connectivity index (χ4v) is 2.63. The Morgan fingerprint density at radius 2 is 1.69 bits per heavy atom. The van der Waals surface area contributed by atoms with Crippen LogP contribution in [0.25, 0.3) is 0 Å². The van der Waals surface area contributed by atoms with E-state index in [0.29, 0.717) is 17.0 Å². The summed E-state index contributed by atoms with van der Waals surface area (Å²) in [6.45, 7) is 3.77. The van der Waals surface area contributed by atoms with Crippen molar-refractivity contribution in [2.45, 2.75) is 32.9 Å². The molecule has 0 saturated heterocycles. The molecule has 0 aliphatic carbocycles. The first-order valence-electron chi connectivity index (χ1n) is 8.70. The van der Waals surface area contributed by atoms with Crippen LogP contribution in [-0.4, -0.2) is 23.6 Å². The van der Waals surface area contributed by atoms with Gasteiger partial charge in [0.15, 0.2) is 6.61 Å². The summed E-state index contributed by atoms with van der Waals surface area (Å²) in [5.74, 6) is -0.488. The first-order chi connectivity index (χ1) is 12.5. The lowest BCUT2D eigenvalue weighted by Crippen LogP contribution is -2.33. The minimum Gasteiger partial charge on any atom is -0.452 e. The second-order valence-electron chi connectivity index (χ2n) is 6.59. The van der Waals surface area contributed by atoms with E-state index in [2.05, 4.69) is 19.2 Å². The smallest absolute Gasteiger partial charge is 0.338 e. The van der Waals surface area contributed by atoms with Crippen molar-refractivity contribution in [1.29, 1.82) is 0 Å². The average molecular weight is 355 g/mol. The number of nitrogens with one attached hydrogen (secondary N) is 1. The lowest BCUT2D eigenvalue weighted by Gasteiger charge is -2.21. The van der Waals surface area contributed by atoms with E-state index in [9.17, 15) is 9.59 Å². The molecule has 0 spiro atoms. The number of hydrogen-bond donors (Lipinski definition) is 2. The molecule has 0 aliphatic rings. The number of amides is 1. The molecule has 0 radical (unpaired) electrons. The zero-order valence-electron chi connectivity index (χ0n) is 15.1. The zero-order chi connectivity index (χ0) is 18.9. The SMILES string of the molecule is CC(C)C[C@@H](NC(=O)COC(=O)c1ccc(CO)cc1)c1ccccc1. The van der Waals surface area contributed by atoms with Gasteiger partial charge in [0.1, 0.15) is 0 Å². The van der Waals surface area contributed by atoms with E-state index in [1.54, 1.807) is 24.3 Å². The lowest BCUT2D eigenvalue weighted by atomic mass is 9.97. The van der Waals surface area contributed by atoms with Crippen LogP contribution in [-0.2, 0) is 16.1 Å². The van der Waals surface area contributed by atoms with Gasteiger partial charge in [-0.3, -0.25) is 4.79 Å². The van der Waals surface area contributed by atoms with Gasteiger partial charge in [-0.1, -0.05) is 56.3 Å². The molecule has 26 heavy (non-hydrogen) atoms. The molecular weight excluding hydrogens is 330 g/mol. The highest BCUT2D eigenvalue weighted by Crippen LogP contribution is 2.21. The second-order valence-corrected chi connectivity index (χ2v) is 6.59. The first kappa shape index (κ1) is 19.7. The van der Waals surface area contributed by atoms with Crippen LogP contribution < -0.4 is 5.32 Å². The molecule has 2 aromatic rings. The van der Waals surface area contributed by atoms with Gasteiger partial charge in [-0.2, -0.15) is 0 Å². The topological polar surface area (TPSA) is 75.6 Å². The summed E-state index contributed by atoms with van der Waals surface area (Å²) in [4.78, 5) is 24.2. The van der Waals surface area contributed by atoms with Crippen LogP contribution in [0.2, 0.25) is 0 Å². The predicted molar refractivity (Wildman–Crippen MR) is 99.4 cm³/mol. The van der Waals surface area contributed by atoms with E-state index in [1.807, 2.05) is 30.3 Å². The Labute approximate surface area is 154 Å². The average Bonchev–Trinajstić information content (AvgIpc) is 2.66. The van der Waals surface area contributed by atoms with E-state index in [-0.39, 0.29) is 25.2 Å². The number of rotatable bonds is 8. The van der Waals surface area contributed by atoms with Crippen LogP contribution in [0.5, 0.6) is 0 Å². The Bertz CT molecular complexity index is 711. The van der Waals surface area contributed by atoms with Crippen LogP contribution in [0.15, 0.2) is 54.6 Å². The summed E-state index contributed by atoms with van der Waals surface area (Å²) in [5.41, 5.74) is 2.08. The van der Waals surface area contributed by atoms with Gasteiger partial charge in [-0.15, -0.1) is 0 Å². The van der Waals surface area contributed by atoms with Crippen LogP contribution in [0.4, 0.5) is 0 Å². The monoisotopic (exact) mass is 355 g/mol. The zero-order valence-corrected chi connectivity index (χ0v) is 15.1. The number of esters is 1. The minimum absolute atomic E-state index is 0.0888. The molecule has 0 heterocycles. The molecule has 2 N–H and O–H groups in total. The summed E-state index contributed by atoms with van der Waals surface area (Å²) in [6.07, 6.45) is 0.798. The molecule has 2 aromatic carbocycles. The number of ether oxygens (including phenoxy) is 1. The van der Waals surface area contributed by atoms with Gasteiger partial charge in [-0.05, 0) is 35.6 Å². The third kappa shape index (κ3) is 6.01. The minimum atomic E-state index is -0.565. The van der Waals surface area contributed by atoms with Crippen LogP contribution in [0, 0.1) is 5.92 Å². The van der Waals surface area contributed by atoms with Gasteiger partial charge in [0.2, 0.25) is 0 Å². The van der Waals surface area contributed by atoms with E-state index in [0.717, 1.165) is 12.0 Å². The van der Waals surface area contributed by atoms with Crippen molar-refractivity contribution >= 4 is 11.9 Å². The van der Waals surface area contributed by atoms with E-state index in [1.165, 1.54) is 0 Å². The largest absolute Gasteiger partial charge is 0.452 e. The molecule has 2 rings (SSSR count). The Kier molecular flexibility index (Phi) is 7.36. The van der Waals surface area contributed by atoms with Gasteiger partial charge in [-0.25, -0.2) is 4.79 Å². The van der Waals surface area contributed by atoms with Crippen molar-refractivity contribution in [3.63, 3.8) is 0 Å². The Morgan fingerprint density at radius 1 is 1.04 bits per heavy atom. The van der Waals surface area contributed by atoms with Gasteiger partial charge >= 0.3 is 5.97 Å². The highest BCUT2D eigenvalue weighted by Gasteiger charge is 2.17. The number of carbonyl (C=O) groups is 2. The summed E-state index contributed by atoms with van der Waals surface area (Å²) in [7, 11) is 0. The maximum absolute atomic E-state index is 12.2. The van der Waals surface area contributed by atoms with Gasteiger partial charge < -0.3 is 15.2 Å². The maximum Gasteiger partial charge on any atom is 0.338 e. The van der Waals surface area contributed by atoms with Gasteiger partial charge in [0.05, 0.1) is 18.2 Å². The first-order valence-corrected chi connectivity index (χ1v) is 8.70. The Hall–Kier alpha value is -2.66. The molecule has 1 amide bonds. The molecule has 5 heteroatoms. The second kappa shape index (κ2) is 9.73. The predicted octanol–water partition coefficient (Wildman–Crippen LogP) is 3.24. The fourth-order valence-electron chi connectivity index (χ4n) is 2.63. The van der Waals surface area contributed by atoms with Gasteiger partial charge in [0.25, 0.3) is 5.91 Å². The molecular formula is C21H25NO4. The van der Waals surface area contributed by atoms with Crippen LogP contribution in [0.3, 0.4) is 0 Å². The lowest BCUT2D eigenvalue weighted by molar-refractivity contribution is -0.125. The molecule has 0 unspecified atom stereocenters. The number of hydrogen-bond acceptors (Lipinski definition) is 4. The van der Waals surface area contributed by atoms with Crippen molar-refractivity contribution in [2.24, 2.45) is 5.92 Å². The van der Waals surface area contributed by atoms with Crippen molar-refractivity contribution < 1.29 is 19.4 Å². The molecule has 0 aromatic heterocycles. The molecule has 0 aliphatic heterocycles. The summed E-state index contributed by atoms with van der Waals surface area (Å²) >= 11 is 0. The van der Waals surface area contributed by atoms with Crippen molar-refractivity contribution in [3.8, 4) is 0 Å². The Morgan fingerprint density at radius 3 is 2.27 bits per heavy atom. The number of aliphatic hydroxyl groups excluding tert-OH is 1. The quantitative estimate of drug-likeness (QED) is 0.713. The van der Waals surface area contributed by atoms with E-state index >= 15 is 0 Å². The van der Waals surface area contributed by atoms with Crippen LogP contribution >= 0.6 is 0 Å². The summed E-state index contributed by atoms with van der Waals surface area (Å²) < 4.78 is 5.09. The fraction of sp³-hybridized carbons (Fsp3) is 0.333. The van der Waals surface area contributed by atoms with E-state index < -0.39 is 5.97 Å². The number of carbonyl (C=O) groups excluding carboxylic acids is 2. The van der Waals surface area contributed by atoms with E-state index in [4.69, 9.17) is 9.84 Å². The van der Waals surface area contributed by atoms with Crippen molar-refractivity contribution in [3.05, 3.63) is 71.3 Å². The normalized spacial score (nSPS) is 11.8. The molecule has 138 valence electrons. The third-order valence-corrected chi connectivity index (χ3v) is 3.95. The summed E-state index contributed by atoms with van der Waals surface area (Å²) in [5, 5.41) is 12.0. The highest BCUT2D eigenvalue weighted by molar-refractivity contribution is 5.91. The Balaban J connectivity index is 1.91. The third-order valence-electron chi connectivity index (χ3n) is 3.95. The standard InChI is InChI=1S/C21H25NO4/c1-15(2)12-19(17-6-4-3-5-7-17)22-20(24)14-26-21(25)18-10-8-16(13-23)9-11-18/h3-11,15,19,23H,12-14H2,1-2H3,(H,22,24)/t19-/m1/s1.